The fraction of sp³-hybridized carbons (Fsp3) is 0.433. The Morgan fingerprint density at radius 3 is 2.54 bits per heavy atom. The quantitative estimate of drug-likeness (QED) is 0.307. The van der Waals surface area contributed by atoms with E-state index in [1.165, 1.54) is 6.07 Å². The second-order valence-electron chi connectivity index (χ2n) is 11.2. The van der Waals surface area contributed by atoms with E-state index in [9.17, 15) is 18.0 Å². The van der Waals surface area contributed by atoms with Crippen molar-refractivity contribution in [3.8, 4) is 0 Å². The van der Waals surface area contributed by atoms with Crippen molar-refractivity contribution >= 4 is 38.3 Å². The number of aryl methyl sites for hydroxylation is 3. The Hall–Kier alpha value is -3.60. The molecule has 0 radical (unpaired) electrons. The van der Waals surface area contributed by atoms with Gasteiger partial charge in [0.25, 0.3) is 0 Å². The predicted molar refractivity (Wildman–Crippen MR) is 156 cm³/mol. The van der Waals surface area contributed by atoms with Crippen molar-refractivity contribution in [2.45, 2.75) is 59.4 Å². The number of alkyl halides is 3. The molecule has 1 atom stereocenters. The molecular weight excluding hydrogens is 549 g/mol. The summed E-state index contributed by atoms with van der Waals surface area (Å²) >= 11 is 1.58. The van der Waals surface area contributed by atoms with Gasteiger partial charge in [-0.15, -0.1) is 0 Å². The maximum atomic E-state index is 14.1. The zero-order valence-electron chi connectivity index (χ0n) is 23.6. The molecule has 0 N–H and O–H groups in total. The zero-order valence-corrected chi connectivity index (χ0v) is 24.4. The van der Waals surface area contributed by atoms with Crippen LogP contribution in [0.15, 0.2) is 36.4 Å². The number of amides is 1. The van der Waals surface area contributed by atoms with Crippen molar-refractivity contribution in [3.63, 3.8) is 0 Å². The number of rotatable bonds is 4. The summed E-state index contributed by atoms with van der Waals surface area (Å²) in [6.45, 7) is 10.5. The van der Waals surface area contributed by atoms with Crippen LogP contribution in [0.2, 0.25) is 0 Å². The van der Waals surface area contributed by atoms with Gasteiger partial charge in [0.05, 0.1) is 21.5 Å². The molecule has 0 unspecified atom stereocenters. The van der Waals surface area contributed by atoms with Crippen LogP contribution in [0.3, 0.4) is 0 Å². The molecule has 0 spiro atoms. The first kappa shape index (κ1) is 27.6. The highest BCUT2D eigenvalue weighted by Gasteiger charge is 2.38. The number of benzene rings is 2. The molecule has 0 bridgehead atoms. The highest BCUT2D eigenvalue weighted by atomic mass is 32.1. The number of carbonyl (C=O) groups is 1. The summed E-state index contributed by atoms with van der Waals surface area (Å²) in [5, 5.41) is 5.24. The molecule has 11 heteroatoms. The molecule has 4 aromatic rings. The van der Waals surface area contributed by atoms with E-state index >= 15 is 0 Å². The Bertz CT molecular complexity index is 1630. The van der Waals surface area contributed by atoms with Gasteiger partial charge >= 0.3 is 6.18 Å². The van der Waals surface area contributed by atoms with Crippen molar-refractivity contribution in [2.75, 3.05) is 36.0 Å². The van der Waals surface area contributed by atoms with Crippen molar-refractivity contribution in [1.82, 2.24) is 19.7 Å². The molecule has 1 saturated heterocycles. The summed E-state index contributed by atoms with van der Waals surface area (Å²) in [5.74, 6) is -0.00459. The largest absolute Gasteiger partial charge is 0.416 e. The molecule has 0 saturated carbocycles. The molecule has 6 rings (SSSR count). The molecule has 41 heavy (non-hydrogen) atoms. The number of halogens is 3. The van der Waals surface area contributed by atoms with Gasteiger partial charge in [0.1, 0.15) is 6.54 Å². The first-order valence-electron chi connectivity index (χ1n) is 13.9. The second kappa shape index (κ2) is 10.3. The van der Waals surface area contributed by atoms with Gasteiger partial charge in [-0.2, -0.15) is 18.3 Å². The van der Waals surface area contributed by atoms with Gasteiger partial charge in [0.2, 0.25) is 5.91 Å². The van der Waals surface area contributed by atoms with Gasteiger partial charge in [-0.3, -0.25) is 9.48 Å². The third kappa shape index (κ3) is 5.27. The van der Waals surface area contributed by atoms with E-state index in [0.717, 1.165) is 38.0 Å². The Morgan fingerprint density at radius 1 is 1.02 bits per heavy atom. The summed E-state index contributed by atoms with van der Waals surface area (Å²) in [6, 6.07) is 10.8. The summed E-state index contributed by atoms with van der Waals surface area (Å²) in [5.41, 5.74) is 5.20. The number of aromatic nitrogens is 3. The van der Waals surface area contributed by atoms with Crippen molar-refractivity contribution in [1.29, 1.82) is 0 Å². The van der Waals surface area contributed by atoms with Crippen molar-refractivity contribution < 1.29 is 18.0 Å². The summed E-state index contributed by atoms with van der Waals surface area (Å²) in [6.07, 6.45) is -4.12. The lowest BCUT2D eigenvalue weighted by Gasteiger charge is -2.43. The molecular formula is C30H33F3N6OS. The number of hydrogen-bond donors (Lipinski definition) is 0. The topological polar surface area (TPSA) is 57.5 Å². The van der Waals surface area contributed by atoms with Crippen molar-refractivity contribution in [2.24, 2.45) is 0 Å². The normalized spacial score (nSPS) is 17.8. The van der Waals surface area contributed by atoms with Gasteiger partial charge in [0, 0.05) is 50.1 Å². The van der Waals surface area contributed by atoms with Crippen LogP contribution in [-0.2, 0) is 30.5 Å². The number of hydrogen-bond acceptors (Lipinski definition) is 6. The minimum Gasteiger partial charge on any atom is -0.367 e. The first-order chi connectivity index (χ1) is 19.5. The van der Waals surface area contributed by atoms with Crippen LogP contribution in [-0.4, -0.2) is 57.8 Å². The number of thiazole rings is 1. The first-order valence-corrected chi connectivity index (χ1v) is 14.7. The van der Waals surface area contributed by atoms with E-state index in [1.54, 1.807) is 22.1 Å². The second-order valence-corrected chi connectivity index (χ2v) is 12.2. The van der Waals surface area contributed by atoms with Crippen LogP contribution in [0.4, 0.5) is 24.0 Å². The van der Waals surface area contributed by atoms with E-state index in [4.69, 9.17) is 4.98 Å². The highest BCUT2D eigenvalue weighted by molar-refractivity contribution is 7.22. The van der Waals surface area contributed by atoms with Crippen molar-refractivity contribution in [3.05, 3.63) is 70.0 Å². The number of piperazine rings is 1. The smallest absolute Gasteiger partial charge is 0.367 e. The van der Waals surface area contributed by atoms with E-state index in [-0.39, 0.29) is 18.5 Å². The summed E-state index contributed by atoms with van der Waals surface area (Å²) in [4.78, 5) is 24.1. The third-order valence-corrected chi connectivity index (χ3v) is 9.25. The van der Waals surface area contributed by atoms with Crippen LogP contribution in [0, 0.1) is 20.8 Å². The monoisotopic (exact) mass is 582 g/mol. The Morgan fingerprint density at radius 2 is 1.83 bits per heavy atom. The van der Waals surface area contributed by atoms with Gasteiger partial charge in [0.15, 0.2) is 5.13 Å². The fourth-order valence-corrected chi connectivity index (χ4v) is 7.23. The maximum absolute atomic E-state index is 14.1. The Labute approximate surface area is 241 Å². The standard InChI is InChI=1S/C30H33F3N6OS/c1-18-5-7-25-27(13-18)41-29(34-25)37-10-9-22-23(16-37)26(8-6-24(22)30(31,32)33)36-11-12-38(21(4)15-36)28(40)17-39-20(3)14-19(2)35-39/h5-8,13-14,21H,9-12,15-17H2,1-4H3/t21-/m1/s1. The fourth-order valence-electron chi connectivity index (χ4n) is 6.14. The van der Waals surface area contributed by atoms with Crippen LogP contribution in [0.25, 0.3) is 10.2 Å². The maximum Gasteiger partial charge on any atom is 0.416 e. The Kier molecular flexibility index (Phi) is 6.96. The lowest BCUT2D eigenvalue weighted by atomic mass is 9.91. The lowest BCUT2D eigenvalue weighted by molar-refractivity contribution is -0.138. The van der Waals surface area contributed by atoms with E-state index in [0.29, 0.717) is 50.3 Å². The van der Waals surface area contributed by atoms with Gasteiger partial charge in [-0.1, -0.05) is 17.4 Å². The minimum atomic E-state index is -4.42. The molecule has 2 aliphatic rings. The number of nitrogens with zero attached hydrogens (tertiary/aromatic N) is 6. The molecule has 7 nitrogen and oxygen atoms in total. The number of carbonyl (C=O) groups excluding carboxylic acids is 1. The average Bonchev–Trinajstić information content (AvgIpc) is 3.48. The van der Waals surface area contributed by atoms with E-state index in [1.807, 2.05) is 50.8 Å². The molecule has 1 fully saturated rings. The average molecular weight is 583 g/mol. The van der Waals surface area contributed by atoms with Gasteiger partial charge in [-0.05, 0) is 81.1 Å². The molecule has 1 amide bonds. The number of anilines is 2. The molecule has 4 heterocycles. The van der Waals surface area contributed by atoms with Gasteiger partial charge < -0.3 is 14.7 Å². The molecule has 216 valence electrons. The SMILES string of the molecule is Cc1ccc2nc(N3CCc4c(C(F)(F)F)ccc(N5CCN(C(=O)Cn6nc(C)cc6C)[C@H](C)C5)c4C3)sc2c1. The Balaban J connectivity index is 1.27. The van der Waals surface area contributed by atoms with Gasteiger partial charge in [-0.25, -0.2) is 4.98 Å². The van der Waals surface area contributed by atoms with Crippen LogP contribution >= 0.6 is 11.3 Å². The summed E-state index contributed by atoms with van der Waals surface area (Å²) in [7, 11) is 0. The molecule has 2 aromatic heterocycles. The minimum absolute atomic E-state index is 0.00459. The number of fused-ring (bicyclic) bond motifs is 2. The molecule has 0 aliphatic carbocycles. The zero-order chi connectivity index (χ0) is 29.1. The van der Waals surface area contributed by atoms with Crippen LogP contribution in [0.5, 0.6) is 0 Å². The lowest BCUT2D eigenvalue weighted by Crippen LogP contribution is -2.55. The summed E-state index contributed by atoms with van der Waals surface area (Å²) < 4.78 is 45.0. The predicted octanol–water partition coefficient (Wildman–Crippen LogP) is 5.74. The van der Waals surface area contributed by atoms with E-state index in [2.05, 4.69) is 21.0 Å². The molecule has 2 aromatic carbocycles. The highest BCUT2D eigenvalue weighted by Crippen LogP contribution is 2.42. The van der Waals surface area contributed by atoms with E-state index < -0.39 is 11.7 Å². The van der Waals surface area contributed by atoms with Crippen LogP contribution in [0.1, 0.15) is 40.6 Å². The van der Waals surface area contributed by atoms with Crippen LogP contribution < -0.4 is 9.80 Å². The third-order valence-electron chi connectivity index (χ3n) is 8.17. The molecule has 2 aliphatic heterocycles.